The number of nitrogens with one attached hydrogen (secondary N) is 1. The zero-order valence-electron chi connectivity index (χ0n) is 22.3. The van der Waals surface area contributed by atoms with Crippen molar-refractivity contribution in [3.05, 3.63) is 107 Å². The molecule has 0 saturated carbocycles. The summed E-state index contributed by atoms with van der Waals surface area (Å²) in [7, 11) is 1.55. The van der Waals surface area contributed by atoms with Crippen LogP contribution in [0.25, 0.3) is 23.0 Å². The van der Waals surface area contributed by atoms with Crippen LogP contribution in [-0.4, -0.2) is 41.1 Å². The topological polar surface area (TPSA) is 119 Å². The molecule has 1 N–H and O–H groups in total. The third kappa shape index (κ3) is 6.14. The largest absolute Gasteiger partial charge is 0.497 e. The Labute approximate surface area is 232 Å². The molecule has 40 heavy (non-hydrogen) atoms. The van der Waals surface area contributed by atoms with E-state index in [9.17, 15) is 14.9 Å². The van der Waals surface area contributed by atoms with Gasteiger partial charge in [-0.1, -0.05) is 60.7 Å². The molecule has 0 atom stereocenters. The summed E-state index contributed by atoms with van der Waals surface area (Å²) < 4.78 is 12.2. The number of hydrogen-bond donors (Lipinski definition) is 1. The number of benzene rings is 3. The highest BCUT2D eigenvalue weighted by molar-refractivity contribution is 6.11. The molecule has 0 spiro atoms. The van der Waals surface area contributed by atoms with Gasteiger partial charge in [0.2, 0.25) is 0 Å². The van der Waals surface area contributed by atoms with Crippen molar-refractivity contribution in [2.24, 2.45) is 5.10 Å². The number of hydrazone groups is 1. The second-order valence-electron chi connectivity index (χ2n) is 8.49. The fourth-order valence-electron chi connectivity index (χ4n) is 3.95. The summed E-state index contributed by atoms with van der Waals surface area (Å²) in [6, 6.07) is 27.5. The van der Waals surface area contributed by atoms with E-state index in [4.69, 9.17) is 14.6 Å². The van der Waals surface area contributed by atoms with Gasteiger partial charge in [-0.3, -0.25) is 4.79 Å². The molecule has 4 rings (SSSR count). The number of para-hydroxylation sites is 1. The van der Waals surface area contributed by atoms with Crippen LogP contribution in [0.4, 0.5) is 0 Å². The second-order valence-corrected chi connectivity index (χ2v) is 8.49. The maximum absolute atomic E-state index is 13.3. The van der Waals surface area contributed by atoms with Crippen LogP contribution in [0.1, 0.15) is 35.5 Å². The lowest BCUT2D eigenvalue weighted by Gasteiger charge is -2.10. The van der Waals surface area contributed by atoms with Gasteiger partial charge in [0.05, 0.1) is 30.8 Å². The first kappa shape index (κ1) is 27.5. The van der Waals surface area contributed by atoms with E-state index in [1.54, 1.807) is 49.9 Å². The second kappa shape index (κ2) is 12.8. The van der Waals surface area contributed by atoms with Crippen LogP contribution in [0.2, 0.25) is 0 Å². The molecule has 0 aliphatic rings. The third-order valence-electron chi connectivity index (χ3n) is 5.87. The van der Waals surface area contributed by atoms with Crippen molar-refractivity contribution in [3.63, 3.8) is 0 Å². The first-order valence-corrected chi connectivity index (χ1v) is 12.5. The number of ether oxygens (including phenoxy) is 2. The van der Waals surface area contributed by atoms with Gasteiger partial charge in [0.25, 0.3) is 5.91 Å². The standard InChI is InChI=1S/C31H27N5O4/c1-4-40-31(38)27-28(35-36(25-13-9-6-10-14-25)29(27)23-11-7-5-8-12-23)21(2)33-34-30(37)24(20-32)19-22-15-17-26(39-3)18-16-22/h5-19H,4H2,1-3H3,(H,34,37)/b24-19-,33-21+. The Balaban J connectivity index is 1.75. The number of carbonyl (C=O) groups is 2. The molecule has 9 heteroatoms. The Kier molecular flexibility index (Phi) is 8.84. The van der Waals surface area contributed by atoms with Gasteiger partial charge in [0.1, 0.15) is 28.6 Å². The molecule has 0 bridgehead atoms. The number of amides is 1. The molecule has 1 heterocycles. The Hall–Kier alpha value is -5.49. The van der Waals surface area contributed by atoms with Crippen LogP contribution in [0.5, 0.6) is 5.75 Å². The number of aromatic nitrogens is 2. The fourth-order valence-corrected chi connectivity index (χ4v) is 3.95. The van der Waals surface area contributed by atoms with Crippen molar-refractivity contribution in [3.8, 4) is 28.8 Å². The quantitative estimate of drug-likeness (QED) is 0.104. The predicted octanol–water partition coefficient (Wildman–Crippen LogP) is 5.17. The van der Waals surface area contributed by atoms with Crippen molar-refractivity contribution in [1.82, 2.24) is 15.2 Å². The minimum absolute atomic E-state index is 0.146. The maximum atomic E-state index is 13.3. The average molecular weight is 534 g/mol. The van der Waals surface area contributed by atoms with Crippen molar-refractivity contribution in [2.45, 2.75) is 13.8 Å². The maximum Gasteiger partial charge on any atom is 0.342 e. The minimum atomic E-state index is -0.707. The van der Waals surface area contributed by atoms with Crippen LogP contribution in [0.3, 0.4) is 0 Å². The minimum Gasteiger partial charge on any atom is -0.497 e. The van der Waals surface area contributed by atoms with Gasteiger partial charge in [0.15, 0.2) is 0 Å². The molecule has 1 aromatic heterocycles. The van der Waals surface area contributed by atoms with Gasteiger partial charge in [-0.25, -0.2) is 14.9 Å². The molecular formula is C31H27N5O4. The molecule has 0 radical (unpaired) electrons. The number of nitrogens with zero attached hydrogens (tertiary/aromatic N) is 4. The highest BCUT2D eigenvalue weighted by atomic mass is 16.5. The molecule has 200 valence electrons. The molecule has 9 nitrogen and oxygen atoms in total. The average Bonchev–Trinajstić information content (AvgIpc) is 3.41. The summed E-state index contributed by atoms with van der Waals surface area (Å²) in [6.07, 6.45) is 1.45. The Morgan fingerprint density at radius 2 is 1.68 bits per heavy atom. The number of esters is 1. The molecule has 0 saturated heterocycles. The Bertz CT molecular complexity index is 1600. The van der Waals surface area contributed by atoms with Crippen LogP contribution >= 0.6 is 0 Å². The van der Waals surface area contributed by atoms with E-state index in [0.29, 0.717) is 17.0 Å². The van der Waals surface area contributed by atoms with Gasteiger partial charge in [-0.2, -0.15) is 15.5 Å². The van der Waals surface area contributed by atoms with Gasteiger partial charge in [0, 0.05) is 5.56 Å². The summed E-state index contributed by atoms with van der Waals surface area (Å²) >= 11 is 0. The highest BCUT2D eigenvalue weighted by Crippen LogP contribution is 2.30. The van der Waals surface area contributed by atoms with Gasteiger partial charge in [-0.05, 0) is 49.8 Å². The third-order valence-corrected chi connectivity index (χ3v) is 5.87. The smallest absolute Gasteiger partial charge is 0.342 e. The molecule has 0 aliphatic heterocycles. The highest BCUT2D eigenvalue weighted by Gasteiger charge is 2.28. The number of carbonyl (C=O) groups excluding carboxylic acids is 2. The van der Waals surface area contributed by atoms with Crippen molar-refractivity contribution >= 4 is 23.7 Å². The number of methoxy groups -OCH3 is 1. The van der Waals surface area contributed by atoms with Crippen LogP contribution in [0.15, 0.2) is 95.6 Å². The number of nitriles is 1. The molecule has 4 aromatic rings. The van der Waals surface area contributed by atoms with E-state index in [2.05, 4.69) is 10.5 Å². The number of hydrogen-bond acceptors (Lipinski definition) is 7. The van der Waals surface area contributed by atoms with Crippen LogP contribution in [0, 0.1) is 11.3 Å². The molecule has 1 amide bonds. The van der Waals surface area contributed by atoms with E-state index >= 15 is 0 Å². The zero-order valence-corrected chi connectivity index (χ0v) is 22.3. The summed E-state index contributed by atoms with van der Waals surface area (Å²) in [5.41, 5.74) is 5.61. The van der Waals surface area contributed by atoms with Gasteiger partial charge in [-0.15, -0.1) is 0 Å². The molecule has 0 unspecified atom stereocenters. The van der Waals surface area contributed by atoms with Crippen LogP contribution in [-0.2, 0) is 9.53 Å². The molecule has 0 aliphatic carbocycles. The monoisotopic (exact) mass is 533 g/mol. The molecule has 0 fully saturated rings. The van der Waals surface area contributed by atoms with E-state index < -0.39 is 11.9 Å². The SMILES string of the molecule is CCOC(=O)c1c(/C(C)=N/NC(=O)/C(C#N)=C\c2ccc(OC)cc2)nn(-c2ccccc2)c1-c1ccccc1. The van der Waals surface area contributed by atoms with E-state index in [1.807, 2.05) is 66.7 Å². The lowest BCUT2D eigenvalue weighted by Crippen LogP contribution is -2.21. The van der Waals surface area contributed by atoms with Crippen molar-refractivity contribution in [1.29, 1.82) is 5.26 Å². The summed E-state index contributed by atoms with van der Waals surface area (Å²) in [5, 5.41) is 18.5. The normalized spacial score (nSPS) is 11.4. The Morgan fingerprint density at radius 3 is 2.27 bits per heavy atom. The predicted molar refractivity (Wildman–Crippen MR) is 152 cm³/mol. The number of rotatable bonds is 9. The van der Waals surface area contributed by atoms with Gasteiger partial charge < -0.3 is 9.47 Å². The fraction of sp³-hybridized carbons (Fsp3) is 0.129. The van der Waals surface area contributed by atoms with Crippen molar-refractivity contribution in [2.75, 3.05) is 13.7 Å². The van der Waals surface area contributed by atoms with E-state index in [1.165, 1.54) is 6.08 Å². The Morgan fingerprint density at radius 1 is 1.02 bits per heavy atom. The summed E-state index contributed by atoms with van der Waals surface area (Å²) in [5.74, 6) is -0.625. The van der Waals surface area contributed by atoms with E-state index in [-0.39, 0.29) is 29.1 Å². The lowest BCUT2D eigenvalue weighted by atomic mass is 10.0. The summed E-state index contributed by atoms with van der Waals surface area (Å²) in [6.45, 7) is 3.51. The van der Waals surface area contributed by atoms with Gasteiger partial charge >= 0.3 is 5.97 Å². The first-order chi connectivity index (χ1) is 19.5. The molecule has 3 aromatic carbocycles. The summed E-state index contributed by atoms with van der Waals surface area (Å²) in [4.78, 5) is 26.1. The lowest BCUT2D eigenvalue weighted by molar-refractivity contribution is -0.117. The van der Waals surface area contributed by atoms with Crippen molar-refractivity contribution < 1.29 is 19.1 Å². The van der Waals surface area contributed by atoms with Crippen LogP contribution < -0.4 is 10.2 Å². The first-order valence-electron chi connectivity index (χ1n) is 12.5. The van der Waals surface area contributed by atoms with E-state index in [0.717, 1.165) is 11.3 Å². The zero-order chi connectivity index (χ0) is 28.5. The molecular weight excluding hydrogens is 506 g/mol.